The molecule has 0 saturated carbocycles. The minimum absolute atomic E-state index is 0.0443. The van der Waals surface area contributed by atoms with Gasteiger partial charge in [0.25, 0.3) is 0 Å². The number of nitrogens with zero attached hydrogens (tertiary/aromatic N) is 1. The highest BCUT2D eigenvalue weighted by molar-refractivity contribution is 5.81. The molecule has 25 heavy (non-hydrogen) atoms. The van der Waals surface area contributed by atoms with Gasteiger partial charge in [-0.15, -0.1) is 0 Å². The minimum atomic E-state index is -0.795. The number of likely N-dealkylation sites (tertiary alicyclic amines) is 1. The number of carbonyl (C=O) groups excluding carboxylic acids is 2. The Balaban J connectivity index is 1.63. The Bertz CT molecular complexity index is 591. The number of hydrogen-bond acceptors (Lipinski definition) is 3. The fourth-order valence-electron chi connectivity index (χ4n) is 2.84. The van der Waals surface area contributed by atoms with Gasteiger partial charge in [-0.05, 0) is 18.4 Å². The first-order chi connectivity index (χ1) is 12.0. The molecule has 0 aliphatic carbocycles. The van der Waals surface area contributed by atoms with Crippen LogP contribution < -0.4 is 10.6 Å². The summed E-state index contributed by atoms with van der Waals surface area (Å²) in [6.45, 7) is 1.57. The molecule has 0 bridgehead atoms. The van der Waals surface area contributed by atoms with Gasteiger partial charge in [-0.3, -0.25) is 9.59 Å². The molecular weight excluding hydrogens is 322 g/mol. The van der Waals surface area contributed by atoms with Crippen LogP contribution >= 0.6 is 0 Å². The van der Waals surface area contributed by atoms with E-state index in [0.717, 1.165) is 18.4 Å². The molecule has 0 spiro atoms. The van der Waals surface area contributed by atoms with Crippen molar-refractivity contribution in [2.24, 2.45) is 0 Å². The number of carbonyl (C=O) groups is 3. The van der Waals surface area contributed by atoms with E-state index in [1.165, 1.54) is 0 Å². The fourth-order valence-corrected chi connectivity index (χ4v) is 2.84. The van der Waals surface area contributed by atoms with Crippen molar-refractivity contribution < 1.29 is 19.5 Å². The number of benzene rings is 1. The van der Waals surface area contributed by atoms with Gasteiger partial charge in [0.1, 0.15) is 0 Å². The van der Waals surface area contributed by atoms with Crippen molar-refractivity contribution in [2.45, 2.75) is 44.7 Å². The predicted molar refractivity (Wildman–Crippen MR) is 92.9 cm³/mol. The first-order valence-corrected chi connectivity index (χ1v) is 8.62. The van der Waals surface area contributed by atoms with Crippen LogP contribution in [0.3, 0.4) is 0 Å². The first kappa shape index (κ1) is 18.8. The van der Waals surface area contributed by atoms with E-state index >= 15 is 0 Å². The number of amides is 3. The van der Waals surface area contributed by atoms with E-state index in [2.05, 4.69) is 10.6 Å². The van der Waals surface area contributed by atoms with Gasteiger partial charge in [0.15, 0.2) is 0 Å². The van der Waals surface area contributed by atoms with E-state index < -0.39 is 5.97 Å². The monoisotopic (exact) mass is 347 g/mol. The first-order valence-electron chi connectivity index (χ1n) is 8.62. The van der Waals surface area contributed by atoms with Crippen molar-refractivity contribution in [1.82, 2.24) is 15.5 Å². The number of aliphatic carboxylic acids is 1. The summed E-state index contributed by atoms with van der Waals surface area (Å²) >= 11 is 0. The third-order valence-corrected chi connectivity index (χ3v) is 4.12. The molecule has 1 aliphatic rings. The highest BCUT2D eigenvalue weighted by atomic mass is 16.4. The van der Waals surface area contributed by atoms with Crippen molar-refractivity contribution in [3.63, 3.8) is 0 Å². The van der Waals surface area contributed by atoms with Crippen LogP contribution in [0.4, 0.5) is 4.79 Å². The Kier molecular flexibility index (Phi) is 7.25. The molecule has 1 aliphatic heterocycles. The van der Waals surface area contributed by atoms with E-state index in [1.54, 1.807) is 4.90 Å². The lowest BCUT2D eigenvalue weighted by Crippen LogP contribution is -2.43. The van der Waals surface area contributed by atoms with Gasteiger partial charge in [-0.2, -0.15) is 0 Å². The zero-order chi connectivity index (χ0) is 18.1. The maximum atomic E-state index is 12.1. The van der Waals surface area contributed by atoms with Crippen molar-refractivity contribution in [1.29, 1.82) is 0 Å². The van der Waals surface area contributed by atoms with Crippen LogP contribution in [0.25, 0.3) is 0 Å². The molecule has 1 fully saturated rings. The van der Waals surface area contributed by atoms with Gasteiger partial charge in [-0.25, -0.2) is 4.79 Å². The average Bonchev–Trinajstić information content (AvgIpc) is 2.90. The summed E-state index contributed by atoms with van der Waals surface area (Å²) < 4.78 is 0. The largest absolute Gasteiger partial charge is 0.481 e. The molecule has 1 saturated heterocycles. The molecule has 0 radical (unpaired) electrons. The number of hydrogen-bond donors (Lipinski definition) is 3. The molecule has 1 unspecified atom stereocenters. The third-order valence-electron chi connectivity index (χ3n) is 4.12. The second-order valence-corrected chi connectivity index (χ2v) is 6.27. The van der Waals surface area contributed by atoms with Crippen molar-refractivity contribution in [3.05, 3.63) is 35.9 Å². The molecule has 136 valence electrons. The van der Waals surface area contributed by atoms with Gasteiger partial charge in [0, 0.05) is 32.5 Å². The number of rotatable bonds is 9. The Hall–Kier alpha value is -2.57. The van der Waals surface area contributed by atoms with Gasteiger partial charge in [0.2, 0.25) is 5.91 Å². The molecule has 7 heteroatoms. The van der Waals surface area contributed by atoms with Gasteiger partial charge in [-0.1, -0.05) is 36.8 Å². The van der Waals surface area contributed by atoms with Gasteiger partial charge < -0.3 is 20.6 Å². The zero-order valence-electron chi connectivity index (χ0n) is 14.2. The number of carboxylic acid groups (broad SMARTS) is 1. The lowest BCUT2D eigenvalue weighted by molar-refractivity contribution is -0.137. The Labute approximate surface area is 147 Å². The van der Waals surface area contributed by atoms with E-state index in [9.17, 15) is 14.4 Å². The molecule has 0 aromatic heterocycles. The number of unbranched alkanes of at least 4 members (excludes halogenated alkanes) is 2. The lowest BCUT2D eigenvalue weighted by atomic mass is 10.2. The Morgan fingerprint density at radius 1 is 1.16 bits per heavy atom. The van der Waals surface area contributed by atoms with E-state index in [0.29, 0.717) is 32.5 Å². The summed E-state index contributed by atoms with van der Waals surface area (Å²) in [5.74, 6) is -0.750. The highest BCUT2D eigenvalue weighted by Crippen LogP contribution is 2.15. The lowest BCUT2D eigenvalue weighted by Gasteiger charge is -2.17. The van der Waals surface area contributed by atoms with Crippen molar-refractivity contribution in [2.75, 3.05) is 13.1 Å². The standard InChI is InChI=1S/C18H25N3O4/c22-16-11-15(13-21(16)12-14-7-3-1-4-8-14)20-18(25)19-10-6-2-5-9-17(23)24/h1,3-4,7-8,15H,2,5-6,9-13H2,(H,23,24)(H2,19,20,25). The van der Waals surface area contributed by atoms with Crippen LogP contribution in [0, 0.1) is 0 Å². The van der Waals surface area contributed by atoms with E-state index in [-0.39, 0.29) is 24.4 Å². The number of nitrogens with one attached hydrogen (secondary N) is 2. The fraction of sp³-hybridized carbons (Fsp3) is 0.500. The minimum Gasteiger partial charge on any atom is -0.481 e. The molecule has 1 atom stereocenters. The quantitative estimate of drug-likeness (QED) is 0.593. The van der Waals surface area contributed by atoms with Gasteiger partial charge in [0.05, 0.1) is 6.04 Å². The van der Waals surface area contributed by atoms with Crippen molar-refractivity contribution in [3.8, 4) is 0 Å². The molecule has 3 N–H and O–H groups in total. The average molecular weight is 347 g/mol. The van der Waals surface area contributed by atoms with Crippen LogP contribution in [0.5, 0.6) is 0 Å². The van der Waals surface area contributed by atoms with E-state index in [4.69, 9.17) is 5.11 Å². The molecule has 2 rings (SSSR count). The molecule has 3 amide bonds. The number of urea groups is 1. The summed E-state index contributed by atoms with van der Waals surface area (Å²) in [7, 11) is 0. The summed E-state index contributed by atoms with van der Waals surface area (Å²) in [6.07, 6.45) is 2.60. The summed E-state index contributed by atoms with van der Waals surface area (Å²) in [6, 6.07) is 9.31. The smallest absolute Gasteiger partial charge is 0.315 e. The number of carboxylic acids is 1. The summed E-state index contributed by atoms with van der Waals surface area (Å²) in [5, 5.41) is 14.1. The Morgan fingerprint density at radius 2 is 1.92 bits per heavy atom. The zero-order valence-corrected chi connectivity index (χ0v) is 14.2. The highest BCUT2D eigenvalue weighted by Gasteiger charge is 2.30. The second-order valence-electron chi connectivity index (χ2n) is 6.27. The van der Waals surface area contributed by atoms with Gasteiger partial charge >= 0.3 is 12.0 Å². The van der Waals surface area contributed by atoms with Crippen LogP contribution in [0.1, 0.15) is 37.7 Å². The topological polar surface area (TPSA) is 98.7 Å². The second kappa shape index (κ2) is 9.66. The maximum absolute atomic E-state index is 12.1. The summed E-state index contributed by atoms with van der Waals surface area (Å²) in [5.41, 5.74) is 1.07. The third kappa shape index (κ3) is 6.82. The molecular formula is C18H25N3O4. The van der Waals surface area contributed by atoms with Crippen LogP contribution in [-0.4, -0.2) is 47.0 Å². The Morgan fingerprint density at radius 3 is 2.64 bits per heavy atom. The van der Waals surface area contributed by atoms with Crippen molar-refractivity contribution >= 4 is 17.9 Å². The SMILES string of the molecule is O=C(O)CCCCCNC(=O)NC1CC(=O)N(Cc2ccccc2)C1. The predicted octanol–water partition coefficient (Wildman–Crippen LogP) is 1.73. The molecule has 1 aromatic rings. The normalized spacial score (nSPS) is 16.7. The molecule has 7 nitrogen and oxygen atoms in total. The summed E-state index contributed by atoms with van der Waals surface area (Å²) in [4.78, 5) is 36.1. The maximum Gasteiger partial charge on any atom is 0.315 e. The van der Waals surface area contributed by atoms with E-state index in [1.807, 2.05) is 30.3 Å². The van der Waals surface area contributed by atoms with Crippen LogP contribution in [0.15, 0.2) is 30.3 Å². The van der Waals surface area contributed by atoms with Crippen LogP contribution in [0.2, 0.25) is 0 Å². The molecule has 1 heterocycles. The molecule has 1 aromatic carbocycles. The van der Waals surface area contributed by atoms with Crippen LogP contribution in [-0.2, 0) is 16.1 Å².